The molecule has 0 aromatic heterocycles. The molecule has 5 heteroatoms. The fourth-order valence-corrected chi connectivity index (χ4v) is 2.31. The van der Waals surface area contributed by atoms with Gasteiger partial charge in [-0.15, -0.1) is 10.3 Å². The number of likely N-dealkylation sites (N-methyl/N-ethyl adjacent to an activating group) is 1. The number of alkyl halides is 1. The molecule has 0 atom stereocenters. The first-order valence-electron chi connectivity index (χ1n) is 5.18. The average molecular weight is 337 g/mol. The van der Waals surface area contributed by atoms with Gasteiger partial charge in [-0.05, 0) is 27.7 Å². The third-order valence-electron chi connectivity index (χ3n) is 3.24. The van der Waals surface area contributed by atoms with Crippen LogP contribution in [0.15, 0.2) is 11.8 Å². The topological polar surface area (TPSA) is 43.5 Å². The van der Waals surface area contributed by atoms with E-state index >= 15 is 0 Å². The molecular weight excluding hydrogens is 319 g/mol. The summed E-state index contributed by atoms with van der Waals surface area (Å²) < 4.78 is 0.435. The van der Waals surface area contributed by atoms with Gasteiger partial charge in [-0.25, -0.2) is 0 Å². The molecule has 0 unspecified atom stereocenters. The number of hydrogen-bond donors (Lipinski definition) is 0. The number of halogens is 1. The molecule has 0 aromatic rings. The Bertz CT molecular complexity index is 337. The number of rotatable bonds is 2. The molecule has 1 radical (unpaired) electrons. The first-order chi connectivity index (χ1) is 7.15. The van der Waals surface area contributed by atoms with Crippen molar-refractivity contribution in [3.05, 3.63) is 11.8 Å². The van der Waals surface area contributed by atoms with Gasteiger partial charge in [-0.2, -0.15) is 0 Å². The summed E-state index contributed by atoms with van der Waals surface area (Å²) in [7, 11) is 1.85. The SMILES string of the molecule is CN1/C(=C\C(=O)CI)C(C)(C)N([O])C1(C)C. The van der Waals surface area contributed by atoms with Crippen LogP contribution < -0.4 is 0 Å². The molecule has 0 spiro atoms. The van der Waals surface area contributed by atoms with Crippen LogP contribution in [-0.4, -0.2) is 38.4 Å². The Balaban J connectivity index is 3.21. The second-order valence-corrected chi connectivity index (χ2v) is 5.80. The standard InChI is InChI=1S/C11H18IN2O2/c1-10(2)9(6-8(15)7-12)13(5)11(3,4)14(10)16/h6H,7H2,1-5H3/b9-6-. The van der Waals surface area contributed by atoms with E-state index in [0.717, 1.165) is 10.8 Å². The number of allylic oxidation sites excluding steroid dienone is 1. The molecule has 1 heterocycles. The summed E-state index contributed by atoms with van der Waals surface area (Å²) in [6.07, 6.45) is 1.59. The Morgan fingerprint density at radius 2 is 1.88 bits per heavy atom. The smallest absolute Gasteiger partial charge is 0.167 e. The van der Waals surface area contributed by atoms with Crippen molar-refractivity contribution in [3.8, 4) is 0 Å². The summed E-state index contributed by atoms with van der Waals surface area (Å²) >= 11 is 2.03. The van der Waals surface area contributed by atoms with Crippen LogP contribution in [0.2, 0.25) is 0 Å². The summed E-state index contributed by atoms with van der Waals surface area (Å²) in [5, 5.41) is 13.2. The van der Waals surface area contributed by atoms with Crippen LogP contribution in [0.4, 0.5) is 0 Å². The van der Waals surface area contributed by atoms with E-state index in [1.165, 1.54) is 0 Å². The minimum atomic E-state index is -0.653. The maximum Gasteiger partial charge on any atom is 0.167 e. The van der Waals surface area contributed by atoms with Crippen LogP contribution in [0, 0.1) is 0 Å². The molecule has 0 saturated carbocycles. The van der Waals surface area contributed by atoms with Gasteiger partial charge in [0, 0.05) is 18.8 Å². The summed E-state index contributed by atoms with van der Waals surface area (Å²) in [6.45, 7) is 7.41. The van der Waals surface area contributed by atoms with Crippen molar-refractivity contribution in [1.82, 2.24) is 9.96 Å². The van der Waals surface area contributed by atoms with Gasteiger partial charge >= 0.3 is 0 Å². The van der Waals surface area contributed by atoms with Crippen molar-refractivity contribution in [2.75, 3.05) is 11.5 Å². The van der Waals surface area contributed by atoms with E-state index in [2.05, 4.69) is 0 Å². The van der Waals surface area contributed by atoms with Gasteiger partial charge in [-0.3, -0.25) is 4.79 Å². The maximum atomic E-state index is 12.2. The Kier molecular flexibility index (Phi) is 3.71. The summed E-state index contributed by atoms with van der Waals surface area (Å²) in [5.74, 6) is 0.0432. The molecule has 91 valence electrons. The van der Waals surface area contributed by atoms with E-state index in [4.69, 9.17) is 0 Å². The van der Waals surface area contributed by atoms with E-state index in [1.54, 1.807) is 6.08 Å². The van der Waals surface area contributed by atoms with Crippen molar-refractivity contribution in [2.24, 2.45) is 0 Å². The normalized spacial score (nSPS) is 26.4. The summed E-state index contributed by atoms with van der Waals surface area (Å²) in [5.41, 5.74) is -0.477. The lowest BCUT2D eigenvalue weighted by Gasteiger charge is -2.32. The number of carbonyl (C=O) groups is 1. The highest BCUT2D eigenvalue weighted by molar-refractivity contribution is 14.1. The first kappa shape index (κ1) is 13.9. The van der Waals surface area contributed by atoms with Crippen LogP contribution in [0.3, 0.4) is 0 Å². The van der Waals surface area contributed by atoms with E-state index in [9.17, 15) is 10.0 Å². The van der Waals surface area contributed by atoms with Gasteiger partial charge in [0.2, 0.25) is 0 Å². The zero-order valence-corrected chi connectivity index (χ0v) is 12.5. The van der Waals surface area contributed by atoms with E-state index < -0.39 is 11.2 Å². The summed E-state index contributed by atoms with van der Waals surface area (Å²) in [4.78, 5) is 13.4. The second kappa shape index (κ2) is 4.27. The van der Waals surface area contributed by atoms with Crippen LogP contribution in [0.1, 0.15) is 27.7 Å². The highest BCUT2D eigenvalue weighted by Crippen LogP contribution is 2.42. The molecule has 16 heavy (non-hydrogen) atoms. The van der Waals surface area contributed by atoms with E-state index in [-0.39, 0.29) is 5.78 Å². The van der Waals surface area contributed by atoms with Crippen LogP contribution >= 0.6 is 22.6 Å². The molecule has 1 aliphatic rings. The fourth-order valence-electron chi connectivity index (χ4n) is 2.09. The number of hydroxylamine groups is 2. The lowest BCUT2D eigenvalue weighted by Crippen LogP contribution is -2.48. The Morgan fingerprint density at radius 1 is 1.38 bits per heavy atom. The third-order valence-corrected chi connectivity index (χ3v) is 3.99. The molecule has 0 amide bonds. The highest BCUT2D eigenvalue weighted by Gasteiger charge is 2.52. The van der Waals surface area contributed by atoms with Crippen LogP contribution in [-0.2, 0) is 10.0 Å². The molecule has 0 bridgehead atoms. The zero-order valence-electron chi connectivity index (χ0n) is 10.4. The largest absolute Gasteiger partial charge is 0.356 e. The minimum absolute atomic E-state index is 0.0432. The highest BCUT2D eigenvalue weighted by atomic mass is 127. The predicted molar refractivity (Wildman–Crippen MR) is 70.4 cm³/mol. The number of nitrogens with zero attached hydrogens (tertiary/aromatic N) is 2. The molecule has 1 saturated heterocycles. The van der Waals surface area contributed by atoms with Crippen molar-refractivity contribution in [3.63, 3.8) is 0 Å². The van der Waals surface area contributed by atoms with Crippen LogP contribution in [0.25, 0.3) is 0 Å². The molecular formula is C11H18IN2O2. The average Bonchev–Trinajstić information content (AvgIpc) is 2.31. The van der Waals surface area contributed by atoms with E-state index in [1.807, 2.05) is 62.2 Å². The predicted octanol–water partition coefficient (Wildman–Crippen LogP) is 1.98. The molecule has 1 fully saturated rings. The second-order valence-electron chi connectivity index (χ2n) is 5.04. The van der Waals surface area contributed by atoms with Crippen molar-refractivity contribution < 1.29 is 10.0 Å². The van der Waals surface area contributed by atoms with Gasteiger partial charge in [0.1, 0.15) is 5.66 Å². The van der Waals surface area contributed by atoms with Crippen molar-refractivity contribution in [2.45, 2.75) is 38.9 Å². The third kappa shape index (κ3) is 2.00. The first-order valence-corrected chi connectivity index (χ1v) is 6.70. The molecule has 0 aliphatic carbocycles. The number of carbonyl (C=O) groups excluding carboxylic acids is 1. The Morgan fingerprint density at radius 3 is 2.19 bits per heavy atom. The monoisotopic (exact) mass is 337 g/mol. The van der Waals surface area contributed by atoms with Gasteiger partial charge < -0.3 is 4.90 Å². The number of ketones is 1. The molecule has 1 aliphatic heterocycles. The van der Waals surface area contributed by atoms with Gasteiger partial charge in [0.15, 0.2) is 5.78 Å². The van der Waals surface area contributed by atoms with E-state index in [0.29, 0.717) is 4.43 Å². The molecule has 0 N–H and O–H groups in total. The molecule has 0 aromatic carbocycles. The lowest BCUT2D eigenvalue weighted by molar-refractivity contribution is -0.256. The van der Waals surface area contributed by atoms with Gasteiger partial charge in [0.25, 0.3) is 0 Å². The maximum absolute atomic E-state index is 12.2. The quantitative estimate of drug-likeness (QED) is 0.440. The minimum Gasteiger partial charge on any atom is -0.356 e. The van der Waals surface area contributed by atoms with Gasteiger partial charge in [-0.1, -0.05) is 22.6 Å². The van der Waals surface area contributed by atoms with Crippen molar-refractivity contribution >= 4 is 28.4 Å². The van der Waals surface area contributed by atoms with Gasteiger partial charge in [0.05, 0.1) is 9.97 Å². The molecule has 1 rings (SSSR count). The Labute approximate surface area is 110 Å². The summed E-state index contributed by atoms with van der Waals surface area (Å²) in [6, 6.07) is 0. The number of hydrogen-bond acceptors (Lipinski definition) is 3. The Hall–Kier alpha value is -0.140. The zero-order chi connectivity index (χ0) is 12.7. The fraction of sp³-hybridized carbons (Fsp3) is 0.727. The van der Waals surface area contributed by atoms with Crippen molar-refractivity contribution in [1.29, 1.82) is 0 Å². The lowest BCUT2D eigenvalue weighted by atomic mass is 10.0. The van der Waals surface area contributed by atoms with Crippen LogP contribution in [0.5, 0.6) is 0 Å². The molecule has 4 nitrogen and oxygen atoms in total.